The van der Waals surface area contributed by atoms with E-state index >= 15 is 0 Å². The highest BCUT2D eigenvalue weighted by atomic mass is 16.2. The van der Waals surface area contributed by atoms with E-state index in [0.29, 0.717) is 0 Å². The Morgan fingerprint density at radius 3 is 2.29 bits per heavy atom. The van der Waals surface area contributed by atoms with Gasteiger partial charge < -0.3 is 10.2 Å². The van der Waals surface area contributed by atoms with Crippen molar-refractivity contribution in [2.45, 2.75) is 0 Å². The molecule has 0 saturated carbocycles. The Balaban J connectivity index is 2.69. The highest BCUT2D eigenvalue weighted by Gasteiger charge is 2.01. The van der Waals surface area contributed by atoms with E-state index in [9.17, 15) is 4.79 Å². The van der Waals surface area contributed by atoms with Gasteiger partial charge in [-0.25, -0.2) is 9.79 Å². The lowest BCUT2D eigenvalue weighted by atomic mass is 10.3. The maximum atomic E-state index is 11.2. The summed E-state index contributed by atoms with van der Waals surface area (Å²) in [4.78, 5) is 18.8. The van der Waals surface area contributed by atoms with Crippen molar-refractivity contribution in [2.75, 3.05) is 33.1 Å². The van der Waals surface area contributed by atoms with Crippen molar-refractivity contribution in [2.24, 2.45) is 4.99 Å². The number of rotatable bonds is 3. The summed E-state index contributed by atoms with van der Waals surface area (Å²) in [5.74, 6) is 0. The number of carbonyl (C=O) groups is 1. The highest BCUT2D eigenvalue weighted by molar-refractivity contribution is 5.86. The maximum Gasteiger partial charge on any atom is 0.322 e. The number of urea groups is 1. The van der Waals surface area contributed by atoms with Crippen molar-refractivity contribution in [1.82, 2.24) is 10.2 Å². The van der Waals surface area contributed by atoms with Gasteiger partial charge in [0.1, 0.15) is 0 Å². The number of hydrogen-bond donors (Lipinski definition) is 1. The Kier molecular flexibility index (Phi) is 4.51. The lowest BCUT2D eigenvalue weighted by molar-refractivity contribution is 0.229. The van der Waals surface area contributed by atoms with Crippen molar-refractivity contribution in [3.8, 4) is 0 Å². The quantitative estimate of drug-likeness (QED) is 0.639. The monoisotopic (exact) mass is 234 g/mol. The number of amides is 2. The summed E-state index contributed by atoms with van der Waals surface area (Å²) in [6.07, 6.45) is 1.49. The minimum Gasteiger partial charge on any atom is -0.378 e. The third-order valence-corrected chi connectivity index (χ3v) is 2.28. The lowest BCUT2D eigenvalue weighted by Gasteiger charge is -2.12. The Morgan fingerprint density at radius 1 is 1.24 bits per heavy atom. The predicted octanol–water partition coefficient (Wildman–Crippen LogP) is 1.68. The van der Waals surface area contributed by atoms with E-state index in [0.717, 1.165) is 11.4 Å². The molecule has 0 spiro atoms. The van der Waals surface area contributed by atoms with Crippen LogP contribution >= 0.6 is 0 Å². The predicted molar refractivity (Wildman–Crippen MR) is 71.1 cm³/mol. The molecule has 5 heteroatoms. The molecule has 0 unspecified atom stereocenters. The van der Waals surface area contributed by atoms with Gasteiger partial charge in [-0.15, -0.1) is 0 Å². The van der Waals surface area contributed by atoms with E-state index in [2.05, 4.69) is 10.3 Å². The van der Waals surface area contributed by atoms with Crippen LogP contribution in [-0.2, 0) is 0 Å². The van der Waals surface area contributed by atoms with Gasteiger partial charge >= 0.3 is 6.03 Å². The summed E-state index contributed by atoms with van der Waals surface area (Å²) >= 11 is 0. The Morgan fingerprint density at radius 2 is 1.82 bits per heavy atom. The van der Waals surface area contributed by atoms with E-state index in [1.54, 1.807) is 14.1 Å². The molecule has 0 radical (unpaired) electrons. The molecule has 0 aliphatic rings. The molecule has 1 rings (SSSR count). The fourth-order valence-electron chi connectivity index (χ4n) is 1.22. The number of nitrogens with one attached hydrogen (secondary N) is 1. The standard InChI is InChI=1S/C12H18N4O/c1-13-12(17)16(4)9-14-10-5-7-11(8-6-10)15(2)3/h5-9H,1-4H3,(H,13,17). The summed E-state index contributed by atoms with van der Waals surface area (Å²) in [6, 6.07) is 7.57. The van der Waals surface area contributed by atoms with E-state index < -0.39 is 0 Å². The first-order valence-electron chi connectivity index (χ1n) is 5.30. The molecule has 92 valence electrons. The van der Waals surface area contributed by atoms with Crippen LogP contribution in [0, 0.1) is 0 Å². The number of nitrogens with zero attached hydrogens (tertiary/aromatic N) is 3. The van der Waals surface area contributed by atoms with Crippen LogP contribution in [0.3, 0.4) is 0 Å². The molecule has 1 aromatic carbocycles. The lowest BCUT2D eigenvalue weighted by Crippen LogP contribution is -2.33. The third kappa shape index (κ3) is 3.79. The van der Waals surface area contributed by atoms with Gasteiger partial charge in [-0.1, -0.05) is 0 Å². The Bertz CT molecular complexity index is 397. The second-order valence-corrected chi connectivity index (χ2v) is 3.82. The van der Waals surface area contributed by atoms with Crippen molar-refractivity contribution >= 4 is 23.7 Å². The van der Waals surface area contributed by atoms with Crippen LogP contribution in [0.15, 0.2) is 29.3 Å². The second-order valence-electron chi connectivity index (χ2n) is 3.82. The first-order chi connectivity index (χ1) is 8.04. The highest BCUT2D eigenvalue weighted by Crippen LogP contribution is 2.17. The van der Waals surface area contributed by atoms with Crippen LogP contribution in [0.1, 0.15) is 0 Å². The van der Waals surface area contributed by atoms with E-state index in [-0.39, 0.29) is 6.03 Å². The molecule has 0 atom stereocenters. The van der Waals surface area contributed by atoms with Crippen molar-refractivity contribution < 1.29 is 4.79 Å². The first-order valence-corrected chi connectivity index (χ1v) is 5.30. The number of hydrogen-bond acceptors (Lipinski definition) is 3. The van der Waals surface area contributed by atoms with E-state index in [4.69, 9.17) is 0 Å². The maximum absolute atomic E-state index is 11.2. The zero-order valence-corrected chi connectivity index (χ0v) is 10.6. The molecule has 1 aromatic rings. The molecule has 5 nitrogen and oxygen atoms in total. The zero-order chi connectivity index (χ0) is 12.8. The molecule has 17 heavy (non-hydrogen) atoms. The van der Waals surface area contributed by atoms with Gasteiger partial charge in [-0.05, 0) is 24.3 Å². The van der Waals surface area contributed by atoms with Gasteiger partial charge in [0.2, 0.25) is 0 Å². The summed E-state index contributed by atoms with van der Waals surface area (Å²) in [5, 5.41) is 2.51. The molecule has 0 heterocycles. The molecule has 0 bridgehead atoms. The smallest absolute Gasteiger partial charge is 0.322 e. The molecule has 0 fully saturated rings. The van der Waals surface area contributed by atoms with Crippen LogP contribution in [0.4, 0.5) is 16.2 Å². The van der Waals surface area contributed by atoms with Gasteiger partial charge in [0.05, 0.1) is 12.0 Å². The van der Waals surface area contributed by atoms with Crippen LogP contribution < -0.4 is 10.2 Å². The molecule has 0 aromatic heterocycles. The largest absolute Gasteiger partial charge is 0.378 e. The van der Waals surface area contributed by atoms with Gasteiger partial charge in [0, 0.05) is 33.9 Å². The number of benzene rings is 1. The molecule has 0 aliphatic heterocycles. The minimum atomic E-state index is -0.196. The van der Waals surface area contributed by atoms with E-state index in [1.165, 1.54) is 11.2 Å². The molecule has 1 N–H and O–H groups in total. The molecule has 2 amide bonds. The summed E-state index contributed by atoms with van der Waals surface area (Å²) in [6.45, 7) is 0. The molecular formula is C12H18N4O. The molecule has 0 aliphatic carbocycles. The number of aliphatic imine (C=N–C) groups is 1. The topological polar surface area (TPSA) is 47.9 Å². The SMILES string of the molecule is CNC(=O)N(C)C=Nc1ccc(N(C)C)cc1. The van der Waals surface area contributed by atoms with Gasteiger partial charge in [0.15, 0.2) is 0 Å². The average Bonchev–Trinajstić information content (AvgIpc) is 2.35. The van der Waals surface area contributed by atoms with Gasteiger partial charge in [-0.2, -0.15) is 0 Å². The van der Waals surface area contributed by atoms with Crippen LogP contribution in [0.25, 0.3) is 0 Å². The normalized spacial score (nSPS) is 10.4. The number of carbonyl (C=O) groups excluding carboxylic acids is 1. The fourth-order valence-corrected chi connectivity index (χ4v) is 1.22. The van der Waals surface area contributed by atoms with Crippen molar-refractivity contribution in [3.05, 3.63) is 24.3 Å². The first kappa shape index (κ1) is 13.0. The molecule has 0 saturated heterocycles. The average molecular weight is 234 g/mol. The minimum absolute atomic E-state index is 0.196. The third-order valence-electron chi connectivity index (χ3n) is 2.28. The van der Waals surface area contributed by atoms with Gasteiger partial charge in [-0.3, -0.25) is 4.90 Å². The summed E-state index contributed by atoms with van der Waals surface area (Å²) in [7, 11) is 7.20. The van der Waals surface area contributed by atoms with Crippen LogP contribution in [-0.4, -0.2) is 45.5 Å². The van der Waals surface area contributed by atoms with Gasteiger partial charge in [0.25, 0.3) is 0 Å². The zero-order valence-electron chi connectivity index (χ0n) is 10.6. The summed E-state index contributed by atoms with van der Waals surface area (Å²) in [5.41, 5.74) is 1.93. The second kappa shape index (κ2) is 5.89. The van der Waals surface area contributed by atoms with Crippen molar-refractivity contribution in [3.63, 3.8) is 0 Å². The van der Waals surface area contributed by atoms with E-state index in [1.807, 2.05) is 43.3 Å². The molecular weight excluding hydrogens is 216 g/mol. The Hall–Kier alpha value is -2.04. The summed E-state index contributed by atoms with van der Waals surface area (Å²) < 4.78 is 0. The van der Waals surface area contributed by atoms with Crippen LogP contribution in [0.2, 0.25) is 0 Å². The fraction of sp³-hybridized carbons (Fsp3) is 0.333. The van der Waals surface area contributed by atoms with Crippen LogP contribution in [0.5, 0.6) is 0 Å². The Labute approximate surface area is 102 Å². The number of anilines is 1. The van der Waals surface area contributed by atoms with Crippen molar-refractivity contribution in [1.29, 1.82) is 0 Å².